The van der Waals surface area contributed by atoms with Gasteiger partial charge in [0.15, 0.2) is 0 Å². The van der Waals surface area contributed by atoms with Crippen LogP contribution in [0.4, 0.5) is 0 Å². The molecule has 8 nitrogen and oxygen atoms in total. The van der Waals surface area contributed by atoms with Gasteiger partial charge in [-0.2, -0.15) is 0 Å². The molecule has 3 rings (SSSR count). The van der Waals surface area contributed by atoms with E-state index in [-0.39, 0.29) is 18.3 Å². The Kier molecular flexibility index (Phi) is 7.49. The van der Waals surface area contributed by atoms with Gasteiger partial charge in [-0.1, -0.05) is 37.5 Å². The zero-order chi connectivity index (χ0) is 21.6. The molecule has 1 aromatic rings. The fourth-order valence-corrected chi connectivity index (χ4v) is 5.01. The molecule has 2 aliphatic rings. The van der Waals surface area contributed by atoms with E-state index >= 15 is 0 Å². The Morgan fingerprint density at radius 3 is 2.50 bits per heavy atom. The number of carbonyl (C=O) groups excluding carboxylic acids is 2. The van der Waals surface area contributed by atoms with Crippen LogP contribution in [0.3, 0.4) is 0 Å². The topological polar surface area (TPSA) is 105 Å². The second-order valence-electron chi connectivity index (χ2n) is 7.67. The molecule has 164 valence electrons. The maximum absolute atomic E-state index is 12.4. The highest BCUT2D eigenvalue weighted by atomic mass is 32.2. The van der Waals surface area contributed by atoms with E-state index in [4.69, 9.17) is 4.74 Å². The van der Waals surface area contributed by atoms with Gasteiger partial charge in [-0.25, -0.2) is 13.1 Å². The first-order valence-electron chi connectivity index (χ1n) is 10.3. The summed E-state index contributed by atoms with van der Waals surface area (Å²) in [5.41, 5.74) is 1.92. The van der Waals surface area contributed by atoms with Crippen molar-refractivity contribution in [1.29, 1.82) is 0 Å². The van der Waals surface area contributed by atoms with Crippen LogP contribution in [0.2, 0.25) is 0 Å². The molecule has 2 amide bonds. The maximum Gasteiger partial charge on any atom is 0.312 e. The number of hydrogen-bond donors (Lipinski definition) is 2. The number of benzene rings is 1. The fraction of sp³-hybridized carbons (Fsp3) is 0.524. The minimum absolute atomic E-state index is 0.0202. The van der Waals surface area contributed by atoms with Gasteiger partial charge in [0, 0.05) is 25.7 Å². The monoisotopic (exact) mass is 435 g/mol. The van der Waals surface area contributed by atoms with E-state index in [2.05, 4.69) is 10.0 Å². The summed E-state index contributed by atoms with van der Waals surface area (Å²) in [6.07, 6.45) is 6.81. The first kappa shape index (κ1) is 22.3. The number of nitrogens with one attached hydrogen (secondary N) is 2. The predicted molar refractivity (Wildman–Crippen MR) is 114 cm³/mol. The first-order valence-corrected chi connectivity index (χ1v) is 11.9. The van der Waals surface area contributed by atoms with E-state index in [0.717, 1.165) is 49.0 Å². The van der Waals surface area contributed by atoms with Gasteiger partial charge in [0.2, 0.25) is 10.0 Å². The summed E-state index contributed by atoms with van der Waals surface area (Å²) in [5, 5.41) is 2.43. The van der Waals surface area contributed by atoms with Gasteiger partial charge in [-0.15, -0.1) is 0 Å². The van der Waals surface area contributed by atoms with Crippen LogP contribution in [0.25, 0.3) is 5.57 Å². The lowest BCUT2D eigenvalue weighted by atomic mass is 9.96. The standard InChI is InChI=1S/C21H29N3O5S/c1-29-19-9-7-16(8-10-19)17-11-13-24(15-17)21(26)20(25)22-12-14-30(27,28)23-18-5-3-2-4-6-18/h7-11,18,23H,2-6,12-15H2,1H3,(H,22,25). The van der Waals surface area contributed by atoms with Gasteiger partial charge < -0.3 is 15.0 Å². The Balaban J connectivity index is 1.43. The van der Waals surface area contributed by atoms with Crippen LogP contribution in [-0.4, -0.2) is 63.7 Å². The molecular formula is C21H29N3O5S. The summed E-state index contributed by atoms with van der Waals surface area (Å²) >= 11 is 0. The summed E-state index contributed by atoms with van der Waals surface area (Å²) in [6, 6.07) is 7.48. The second kappa shape index (κ2) is 10.1. The SMILES string of the molecule is COc1ccc(C2=CCN(C(=O)C(=O)NCCS(=O)(=O)NC3CCCCC3)C2)cc1. The Labute approximate surface area is 177 Å². The van der Waals surface area contributed by atoms with Crippen molar-refractivity contribution < 1.29 is 22.7 Å². The van der Waals surface area contributed by atoms with E-state index in [0.29, 0.717) is 13.1 Å². The van der Waals surface area contributed by atoms with Gasteiger partial charge in [0.25, 0.3) is 0 Å². The van der Waals surface area contributed by atoms with Crippen LogP contribution in [-0.2, 0) is 19.6 Å². The number of rotatable bonds is 7. The molecular weight excluding hydrogens is 406 g/mol. The summed E-state index contributed by atoms with van der Waals surface area (Å²) in [6.45, 7) is 0.578. The van der Waals surface area contributed by atoms with Gasteiger partial charge in [-0.3, -0.25) is 9.59 Å². The molecule has 0 spiro atoms. The number of ether oxygens (including phenoxy) is 1. The van der Waals surface area contributed by atoms with Gasteiger partial charge in [-0.05, 0) is 36.1 Å². The normalized spacial score (nSPS) is 17.5. The molecule has 1 aliphatic carbocycles. The molecule has 1 aliphatic heterocycles. The zero-order valence-corrected chi connectivity index (χ0v) is 18.0. The number of sulfonamides is 1. The van der Waals surface area contributed by atoms with E-state index in [1.54, 1.807) is 7.11 Å². The third kappa shape index (κ3) is 6.06. The maximum atomic E-state index is 12.4. The molecule has 1 heterocycles. The van der Waals surface area contributed by atoms with Crippen LogP contribution in [0.1, 0.15) is 37.7 Å². The van der Waals surface area contributed by atoms with E-state index in [1.165, 1.54) is 4.90 Å². The fourth-order valence-electron chi connectivity index (χ4n) is 3.78. The third-order valence-electron chi connectivity index (χ3n) is 5.47. The molecule has 9 heteroatoms. The van der Waals surface area contributed by atoms with Crippen molar-refractivity contribution >= 4 is 27.4 Å². The highest BCUT2D eigenvalue weighted by Gasteiger charge is 2.26. The Morgan fingerprint density at radius 2 is 1.83 bits per heavy atom. The van der Waals surface area contributed by atoms with Crippen LogP contribution in [0, 0.1) is 0 Å². The van der Waals surface area contributed by atoms with Gasteiger partial charge in [0.1, 0.15) is 5.75 Å². The van der Waals surface area contributed by atoms with Gasteiger partial charge in [0.05, 0.1) is 12.9 Å². The van der Waals surface area contributed by atoms with Crippen molar-refractivity contribution in [3.05, 3.63) is 35.9 Å². The predicted octanol–water partition coefficient (Wildman–Crippen LogP) is 1.29. The van der Waals surface area contributed by atoms with E-state index < -0.39 is 21.8 Å². The van der Waals surface area contributed by atoms with Crippen LogP contribution < -0.4 is 14.8 Å². The zero-order valence-electron chi connectivity index (χ0n) is 17.2. The molecule has 2 N–H and O–H groups in total. The van der Waals surface area contributed by atoms with Crippen LogP contribution in [0.15, 0.2) is 30.3 Å². The highest BCUT2D eigenvalue weighted by Crippen LogP contribution is 2.23. The molecule has 0 atom stereocenters. The average molecular weight is 436 g/mol. The lowest BCUT2D eigenvalue weighted by Gasteiger charge is -2.22. The number of carbonyl (C=O) groups is 2. The number of methoxy groups -OCH3 is 1. The third-order valence-corrected chi connectivity index (χ3v) is 6.90. The van der Waals surface area contributed by atoms with Crippen molar-refractivity contribution in [3.63, 3.8) is 0 Å². The largest absolute Gasteiger partial charge is 0.497 e. The summed E-state index contributed by atoms with van der Waals surface area (Å²) < 4.78 is 32.2. The van der Waals surface area contributed by atoms with E-state index in [1.807, 2.05) is 30.3 Å². The lowest BCUT2D eigenvalue weighted by Crippen LogP contribution is -2.45. The first-order chi connectivity index (χ1) is 14.4. The summed E-state index contributed by atoms with van der Waals surface area (Å²) in [7, 11) is -1.88. The van der Waals surface area contributed by atoms with E-state index in [9.17, 15) is 18.0 Å². The summed E-state index contributed by atoms with van der Waals surface area (Å²) in [4.78, 5) is 26.0. The van der Waals surface area contributed by atoms with Gasteiger partial charge >= 0.3 is 11.8 Å². The smallest absolute Gasteiger partial charge is 0.312 e. The molecule has 0 radical (unpaired) electrons. The number of amides is 2. The minimum Gasteiger partial charge on any atom is -0.497 e. The van der Waals surface area contributed by atoms with Crippen molar-refractivity contribution in [3.8, 4) is 5.75 Å². The molecule has 1 aromatic carbocycles. The Bertz CT molecular complexity index is 890. The quantitative estimate of drug-likeness (QED) is 0.628. The van der Waals surface area contributed by atoms with Crippen LogP contribution >= 0.6 is 0 Å². The molecule has 0 unspecified atom stereocenters. The number of hydrogen-bond acceptors (Lipinski definition) is 5. The molecule has 1 fully saturated rings. The van der Waals surface area contributed by atoms with Crippen LogP contribution in [0.5, 0.6) is 5.75 Å². The second-order valence-corrected chi connectivity index (χ2v) is 9.54. The van der Waals surface area contributed by atoms with Crippen molar-refractivity contribution in [2.24, 2.45) is 0 Å². The average Bonchev–Trinajstić information content (AvgIpc) is 3.23. The minimum atomic E-state index is -3.48. The molecule has 30 heavy (non-hydrogen) atoms. The van der Waals surface area contributed by atoms with Crippen molar-refractivity contribution in [2.75, 3.05) is 32.5 Å². The number of nitrogens with zero attached hydrogens (tertiary/aromatic N) is 1. The molecule has 1 saturated carbocycles. The molecule has 0 bridgehead atoms. The van der Waals surface area contributed by atoms with Crippen molar-refractivity contribution in [2.45, 2.75) is 38.1 Å². The molecule has 0 aromatic heterocycles. The Hall–Kier alpha value is -2.39. The molecule has 0 saturated heterocycles. The lowest BCUT2D eigenvalue weighted by molar-refractivity contribution is -0.144. The highest BCUT2D eigenvalue weighted by molar-refractivity contribution is 7.89. The summed E-state index contributed by atoms with van der Waals surface area (Å²) in [5.74, 6) is -0.935. The van der Waals surface area contributed by atoms with Crippen molar-refractivity contribution in [1.82, 2.24) is 14.9 Å². The Morgan fingerprint density at radius 1 is 1.13 bits per heavy atom.